The zero-order valence-electron chi connectivity index (χ0n) is 24.7. The lowest BCUT2D eigenvalue weighted by atomic mass is 9.95. The number of amides is 2. The molecule has 11 heteroatoms. The zero-order valence-corrected chi connectivity index (χ0v) is 25.5. The van der Waals surface area contributed by atoms with Gasteiger partial charge in [-0.1, -0.05) is 12.5 Å². The lowest BCUT2D eigenvalue weighted by Crippen LogP contribution is -2.26. The molecule has 42 heavy (non-hydrogen) atoms. The van der Waals surface area contributed by atoms with Gasteiger partial charge in [0.25, 0.3) is 0 Å². The van der Waals surface area contributed by atoms with Crippen molar-refractivity contribution < 1.29 is 23.8 Å². The maximum absolute atomic E-state index is 13.4. The number of unbranched alkanes of at least 4 members (excludes halogenated alkanes) is 2. The number of ether oxygens (including phenoxy) is 3. The van der Waals surface area contributed by atoms with Crippen molar-refractivity contribution in [2.75, 3.05) is 38.5 Å². The normalized spacial score (nSPS) is 13.7. The van der Waals surface area contributed by atoms with Crippen LogP contribution in [0.2, 0.25) is 0 Å². The number of nitrogens with one attached hydrogen (secondary N) is 3. The molecule has 1 heterocycles. The van der Waals surface area contributed by atoms with Gasteiger partial charge in [-0.25, -0.2) is 4.98 Å². The SMILES string of the molecule is COc1cc2c(c(OC)c1OC)-c1ccc(NCCCCCC(=O)Nc3ncc(C)s3)c(=O)cc1[C@@H](NC(C)=O)CC2. The van der Waals surface area contributed by atoms with Crippen LogP contribution in [0.4, 0.5) is 10.8 Å². The van der Waals surface area contributed by atoms with Gasteiger partial charge in [0.05, 0.1) is 33.1 Å². The molecule has 3 aromatic rings. The summed E-state index contributed by atoms with van der Waals surface area (Å²) in [5, 5.41) is 9.74. The molecule has 0 spiro atoms. The molecule has 0 radical (unpaired) electrons. The summed E-state index contributed by atoms with van der Waals surface area (Å²) in [6.07, 6.45) is 5.75. The van der Waals surface area contributed by atoms with E-state index in [4.69, 9.17) is 14.2 Å². The first kappa shape index (κ1) is 30.8. The average Bonchev–Trinajstić information content (AvgIpc) is 3.22. The minimum Gasteiger partial charge on any atom is -0.493 e. The molecule has 0 fully saturated rings. The van der Waals surface area contributed by atoms with Crippen LogP contribution >= 0.6 is 11.3 Å². The minimum atomic E-state index is -0.362. The summed E-state index contributed by atoms with van der Waals surface area (Å²) < 4.78 is 17.1. The molecule has 1 atom stereocenters. The van der Waals surface area contributed by atoms with E-state index in [1.165, 1.54) is 18.3 Å². The maximum atomic E-state index is 13.4. The number of hydrogen-bond acceptors (Lipinski definition) is 9. The fourth-order valence-corrected chi connectivity index (χ4v) is 5.94. The lowest BCUT2D eigenvalue weighted by molar-refractivity contribution is -0.119. The van der Waals surface area contributed by atoms with Crippen molar-refractivity contribution in [1.29, 1.82) is 0 Å². The molecule has 1 aromatic heterocycles. The van der Waals surface area contributed by atoms with Crippen LogP contribution in [-0.4, -0.2) is 44.7 Å². The van der Waals surface area contributed by atoms with Crippen LogP contribution < -0.4 is 35.6 Å². The summed E-state index contributed by atoms with van der Waals surface area (Å²) in [5.74, 6) is 1.31. The Labute approximate surface area is 249 Å². The molecule has 2 aromatic carbocycles. The lowest BCUT2D eigenvalue weighted by Gasteiger charge is -2.19. The predicted octanol–water partition coefficient (Wildman–Crippen LogP) is 5.24. The van der Waals surface area contributed by atoms with E-state index < -0.39 is 0 Å². The molecule has 0 unspecified atom stereocenters. The van der Waals surface area contributed by atoms with Crippen LogP contribution in [0.15, 0.2) is 35.3 Å². The number of aromatic nitrogens is 1. The number of benzene rings is 1. The van der Waals surface area contributed by atoms with E-state index in [1.54, 1.807) is 39.7 Å². The molecule has 0 aliphatic heterocycles. The number of thiazole rings is 1. The summed E-state index contributed by atoms with van der Waals surface area (Å²) in [6, 6.07) is 6.85. The minimum absolute atomic E-state index is 0.0468. The van der Waals surface area contributed by atoms with Gasteiger partial charge in [-0.05, 0) is 67.5 Å². The quantitative estimate of drug-likeness (QED) is 0.243. The molecule has 1 aliphatic rings. The van der Waals surface area contributed by atoms with E-state index in [9.17, 15) is 14.4 Å². The second-order valence-corrected chi connectivity index (χ2v) is 11.4. The molecule has 4 rings (SSSR count). The third-order valence-electron chi connectivity index (χ3n) is 7.18. The smallest absolute Gasteiger partial charge is 0.226 e. The summed E-state index contributed by atoms with van der Waals surface area (Å²) in [4.78, 5) is 42.9. The van der Waals surface area contributed by atoms with Crippen molar-refractivity contribution in [3.63, 3.8) is 0 Å². The summed E-state index contributed by atoms with van der Waals surface area (Å²) in [5.41, 5.74) is 3.57. The Kier molecular flexibility index (Phi) is 10.4. The van der Waals surface area contributed by atoms with E-state index in [0.717, 1.165) is 40.8 Å². The summed E-state index contributed by atoms with van der Waals surface area (Å²) in [7, 11) is 4.71. The first-order valence-corrected chi connectivity index (χ1v) is 14.8. The summed E-state index contributed by atoms with van der Waals surface area (Å²) >= 11 is 1.45. The Hall–Kier alpha value is -4.12. The van der Waals surface area contributed by atoms with Crippen molar-refractivity contribution in [3.05, 3.63) is 56.7 Å². The van der Waals surface area contributed by atoms with Crippen molar-refractivity contribution in [3.8, 4) is 28.4 Å². The molecule has 2 amide bonds. The van der Waals surface area contributed by atoms with Crippen LogP contribution in [0.3, 0.4) is 0 Å². The monoisotopic (exact) mass is 594 g/mol. The zero-order chi connectivity index (χ0) is 30.2. The third-order valence-corrected chi connectivity index (χ3v) is 8.01. The average molecular weight is 595 g/mol. The number of aryl methyl sites for hydroxylation is 2. The highest BCUT2D eigenvalue weighted by molar-refractivity contribution is 7.15. The van der Waals surface area contributed by atoms with Gasteiger partial charge < -0.3 is 30.2 Å². The van der Waals surface area contributed by atoms with Gasteiger partial charge in [-0.15, -0.1) is 11.3 Å². The van der Waals surface area contributed by atoms with Crippen molar-refractivity contribution in [1.82, 2.24) is 10.3 Å². The fourth-order valence-electron chi connectivity index (χ4n) is 5.26. The number of carbonyl (C=O) groups excluding carboxylic acids is 2. The van der Waals surface area contributed by atoms with Crippen molar-refractivity contribution in [2.45, 2.75) is 58.4 Å². The first-order valence-electron chi connectivity index (χ1n) is 14.0. The Balaban J connectivity index is 1.53. The highest BCUT2D eigenvalue weighted by Gasteiger charge is 2.29. The van der Waals surface area contributed by atoms with Crippen molar-refractivity contribution in [2.24, 2.45) is 0 Å². The van der Waals surface area contributed by atoms with Gasteiger partial charge in [-0.2, -0.15) is 0 Å². The Morgan fingerprint density at radius 1 is 1.05 bits per heavy atom. The van der Waals surface area contributed by atoms with E-state index in [1.807, 2.05) is 19.1 Å². The molecule has 10 nitrogen and oxygen atoms in total. The van der Waals surface area contributed by atoms with Crippen LogP contribution in [0.5, 0.6) is 17.2 Å². The van der Waals surface area contributed by atoms with Crippen LogP contribution in [0.1, 0.15) is 61.1 Å². The maximum Gasteiger partial charge on any atom is 0.226 e. The third kappa shape index (κ3) is 7.20. The predicted molar refractivity (Wildman–Crippen MR) is 165 cm³/mol. The standard InChI is InChI=1S/C31H38N4O6S/c1-18-17-33-31(42-18)35-27(38)9-7-6-8-14-32-24-13-11-21-22(16-25(24)37)23(34-19(2)36)12-10-20-15-26(39-3)29(40-4)30(41-5)28(20)21/h11,13,15-17,23H,6-10,12,14H2,1-5H3,(H,32,37)(H,34,36)(H,33,35,38)/t23-/m0/s1. The molecule has 224 valence electrons. The number of methoxy groups -OCH3 is 3. The first-order chi connectivity index (χ1) is 20.2. The van der Waals surface area contributed by atoms with Crippen molar-refractivity contribution >= 4 is 34.0 Å². The molecule has 0 saturated carbocycles. The molecule has 3 N–H and O–H groups in total. The Morgan fingerprint density at radius 2 is 1.83 bits per heavy atom. The largest absolute Gasteiger partial charge is 0.493 e. The Morgan fingerprint density at radius 3 is 2.50 bits per heavy atom. The highest BCUT2D eigenvalue weighted by atomic mass is 32.1. The van der Waals surface area contributed by atoms with Gasteiger partial charge in [0.15, 0.2) is 16.6 Å². The molecule has 1 aliphatic carbocycles. The van der Waals surface area contributed by atoms with Gasteiger partial charge in [0.1, 0.15) is 0 Å². The van der Waals surface area contributed by atoms with Crippen LogP contribution in [0.25, 0.3) is 11.1 Å². The number of anilines is 2. The molecule has 0 saturated heterocycles. The Bertz CT molecular complexity index is 1510. The molecular weight excluding hydrogens is 556 g/mol. The van der Waals surface area contributed by atoms with E-state index in [2.05, 4.69) is 20.9 Å². The number of carbonyl (C=O) groups is 2. The summed E-state index contributed by atoms with van der Waals surface area (Å²) in [6.45, 7) is 4.00. The topological polar surface area (TPSA) is 128 Å². The number of nitrogens with zero attached hydrogens (tertiary/aromatic N) is 1. The van der Waals surface area contributed by atoms with E-state index in [-0.39, 0.29) is 23.3 Å². The second-order valence-electron chi connectivity index (χ2n) is 10.2. The number of hydrogen-bond donors (Lipinski definition) is 3. The van der Waals surface area contributed by atoms with E-state index in [0.29, 0.717) is 59.4 Å². The molecular formula is C31H38N4O6S. The van der Waals surface area contributed by atoms with Gasteiger partial charge in [-0.3, -0.25) is 14.4 Å². The second kappa shape index (κ2) is 14.2. The van der Waals surface area contributed by atoms with E-state index >= 15 is 0 Å². The van der Waals surface area contributed by atoms with Gasteiger partial charge in [0.2, 0.25) is 23.0 Å². The fraction of sp³-hybridized carbons (Fsp3) is 0.419. The molecule has 0 bridgehead atoms. The van der Waals surface area contributed by atoms with Crippen LogP contribution in [0, 0.1) is 6.92 Å². The number of fused-ring (bicyclic) bond motifs is 3. The van der Waals surface area contributed by atoms with Crippen LogP contribution in [-0.2, 0) is 16.0 Å². The highest BCUT2D eigenvalue weighted by Crippen LogP contribution is 2.50. The van der Waals surface area contributed by atoms with Gasteiger partial charge in [0, 0.05) is 36.5 Å². The number of rotatable bonds is 12. The van der Waals surface area contributed by atoms with Gasteiger partial charge >= 0.3 is 0 Å².